The van der Waals surface area contributed by atoms with E-state index in [1.807, 2.05) is 62.5 Å². The first kappa shape index (κ1) is 15.4. The Kier molecular flexibility index (Phi) is 4.51. The number of amides is 1. The maximum atomic E-state index is 12.8. The van der Waals surface area contributed by atoms with E-state index >= 15 is 0 Å². The molecule has 0 saturated heterocycles. The minimum absolute atomic E-state index is 0.121. The zero-order valence-corrected chi connectivity index (χ0v) is 13.5. The second-order valence-corrected chi connectivity index (χ2v) is 5.75. The smallest absolute Gasteiger partial charge is 0.231 e. The molecule has 1 heterocycles. The number of carbonyl (C=O) groups is 1. The van der Waals surface area contributed by atoms with E-state index in [1.54, 1.807) is 4.90 Å². The summed E-state index contributed by atoms with van der Waals surface area (Å²) in [5.41, 5.74) is 2.10. The molecule has 23 heavy (non-hydrogen) atoms. The van der Waals surface area contributed by atoms with E-state index in [-0.39, 0.29) is 18.6 Å². The van der Waals surface area contributed by atoms with Gasteiger partial charge in [0.2, 0.25) is 12.7 Å². The lowest BCUT2D eigenvalue weighted by Gasteiger charge is -2.23. The van der Waals surface area contributed by atoms with Crippen LogP contribution < -0.4 is 9.47 Å². The molecule has 0 radical (unpaired) electrons. The molecule has 1 atom stereocenters. The summed E-state index contributed by atoms with van der Waals surface area (Å²) in [6.45, 7) is 2.89. The van der Waals surface area contributed by atoms with Gasteiger partial charge in [0.05, 0.1) is 5.92 Å². The van der Waals surface area contributed by atoms with Gasteiger partial charge < -0.3 is 14.4 Å². The van der Waals surface area contributed by atoms with Gasteiger partial charge in [0.1, 0.15) is 0 Å². The Labute approximate surface area is 136 Å². The van der Waals surface area contributed by atoms with Crippen molar-refractivity contribution >= 4 is 5.91 Å². The van der Waals surface area contributed by atoms with Gasteiger partial charge in [-0.25, -0.2) is 0 Å². The van der Waals surface area contributed by atoms with E-state index in [0.717, 1.165) is 29.0 Å². The molecule has 0 saturated carbocycles. The largest absolute Gasteiger partial charge is 0.454 e. The highest BCUT2D eigenvalue weighted by molar-refractivity contribution is 5.83. The van der Waals surface area contributed by atoms with Crippen molar-refractivity contribution in [2.45, 2.75) is 25.8 Å². The second-order valence-electron chi connectivity index (χ2n) is 5.75. The summed E-state index contributed by atoms with van der Waals surface area (Å²) in [5.74, 6) is 1.42. The van der Waals surface area contributed by atoms with Crippen LogP contribution in [0.25, 0.3) is 0 Å². The van der Waals surface area contributed by atoms with Gasteiger partial charge >= 0.3 is 0 Å². The zero-order valence-electron chi connectivity index (χ0n) is 13.5. The number of hydrogen-bond acceptors (Lipinski definition) is 3. The van der Waals surface area contributed by atoms with Crippen LogP contribution in [0.4, 0.5) is 0 Å². The summed E-state index contributed by atoms with van der Waals surface area (Å²) < 4.78 is 10.8. The van der Waals surface area contributed by atoms with Crippen LogP contribution in [-0.4, -0.2) is 24.6 Å². The summed E-state index contributed by atoms with van der Waals surface area (Å²) in [6.07, 6.45) is 0.748. The van der Waals surface area contributed by atoms with Gasteiger partial charge in [-0.05, 0) is 29.7 Å². The predicted octanol–water partition coefficient (Wildman–Crippen LogP) is 3.57. The fourth-order valence-corrected chi connectivity index (χ4v) is 2.88. The predicted molar refractivity (Wildman–Crippen MR) is 88.5 cm³/mol. The molecule has 3 rings (SSSR count). The summed E-state index contributed by atoms with van der Waals surface area (Å²) in [6, 6.07) is 15.8. The van der Waals surface area contributed by atoms with E-state index in [0.29, 0.717) is 6.54 Å². The molecule has 2 aromatic rings. The molecular formula is C19H21NO3. The molecular weight excluding hydrogens is 290 g/mol. The highest BCUT2D eigenvalue weighted by Gasteiger charge is 2.24. The van der Waals surface area contributed by atoms with Crippen molar-refractivity contribution in [3.05, 3.63) is 59.7 Å². The van der Waals surface area contributed by atoms with Crippen molar-refractivity contribution < 1.29 is 14.3 Å². The maximum Gasteiger partial charge on any atom is 0.231 e. The van der Waals surface area contributed by atoms with Crippen molar-refractivity contribution in [3.63, 3.8) is 0 Å². The minimum atomic E-state index is -0.168. The van der Waals surface area contributed by atoms with Crippen LogP contribution in [-0.2, 0) is 11.3 Å². The molecule has 0 fully saturated rings. The Balaban J connectivity index is 1.76. The topological polar surface area (TPSA) is 38.8 Å². The van der Waals surface area contributed by atoms with Crippen LogP contribution in [0.1, 0.15) is 30.4 Å². The van der Waals surface area contributed by atoms with Crippen molar-refractivity contribution in [1.29, 1.82) is 0 Å². The third kappa shape index (κ3) is 3.31. The Bertz CT molecular complexity index is 684. The van der Waals surface area contributed by atoms with Crippen molar-refractivity contribution in [3.8, 4) is 11.5 Å². The Hall–Kier alpha value is -2.49. The summed E-state index contributed by atoms with van der Waals surface area (Å²) >= 11 is 0. The summed E-state index contributed by atoms with van der Waals surface area (Å²) in [5, 5.41) is 0. The first-order valence-electron chi connectivity index (χ1n) is 7.87. The lowest BCUT2D eigenvalue weighted by Crippen LogP contribution is -2.31. The number of rotatable bonds is 5. The second kappa shape index (κ2) is 6.73. The highest BCUT2D eigenvalue weighted by Crippen LogP contribution is 2.35. The number of likely N-dealkylation sites (N-methyl/N-ethyl adjacent to an activating group) is 1. The van der Waals surface area contributed by atoms with Crippen LogP contribution in [0, 0.1) is 0 Å². The maximum absolute atomic E-state index is 12.8. The van der Waals surface area contributed by atoms with Crippen molar-refractivity contribution in [2.24, 2.45) is 0 Å². The zero-order chi connectivity index (χ0) is 16.2. The molecule has 1 unspecified atom stereocenters. The van der Waals surface area contributed by atoms with Crippen molar-refractivity contribution in [1.82, 2.24) is 4.90 Å². The molecule has 0 spiro atoms. The van der Waals surface area contributed by atoms with E-state index in [9.17, 15) is 4.79 Å². The van der Waals surface area contributed by atoms with Gasteiger partial charge in [-0.15, -0.1) is 0 Å². The fourth-order valence-electron chi connectivity index (χ4n) is 2.88. The minimum Gasteiger partial charge on any atom is -0.454 e. The first-order chi connectivity index (χ1) is 11.2. The molecule has 120 valence electrons. The molecule has 0 aromatic heterocycles. The third-order valence-corrected chi connectivity index (χ3v) is 4.14. The number of carbonyl (C=O) groups excluding carboxylic acids is 1. The molecule has 1 aliphatic rings. The van der Waals surface area contributed by atoms with Gasteiger partial charge in [-0.2, -0.15) is 0 Å². The molecule has 0 aliphatic carbocycles. The Morgan fingerprint density at radius 3 is 2.61 bits per heavy atom. The fraction of sp³-hybridized carbons (Fsp3) is 0.316. The standard InChI is InChI=1S/C19H21NO3/c1-3-16(15-9-10-17-18(11-15)23-13-22-17)19(21)20(2)12-14-7-5-4-6-8-14/h4-11,16H,3,12-13H2,1-2H3. The number of benzene rings is 2. The number of nitrogens with zero attached hydrogens (tertiary/aromatic N) is 1. The summed E-state index contributed by atoms with van der Waals surface area (Å²) in [7, 11) is 1.85. The van der Waals surface area contributed by atoms with Crippen LogP contribution in [0.5, 0.6) is 11.5 Å². The number of fused-ring (bicyclic) bond motifs is 1. The highest BCUT2D eigenvalue weighted by atomic mass is 16.7. The first-order valence-corrected chi connectivity index (χ1v) is 7.87. The van der Waals surface area contributed by atoms with Gasteiger partial charge in [0.15, 0.2) is 11.5 Å². The van der Waals surface area contributed by atoms with Crippen LogP contribution in [0.3, 0.4) is 0 Å². The van der Waals surface area contributed by atoms with E-state index in [1.165, 1.54) is 0 Å². The molecule has 1 aliphatic heterocycles. The molecule has 0 bridgehead atoms. The van der Waals surface area contributed by atoms with Gasteiger partial charge in [0, 0.05) is 13.6 Å². The third-order valence-electron chi connectivity index (χ3n) is 4.14. The van der Waals surface area contributed by atoms with Crippen LogP contribution >= 0.6 is 0 Å². The SMILES string of the molecule is CCC(C(=O)N(C)Cc1ccccc1)c1ccc2c(c1)OCO2. The van der Waals surface area contributed by atoms with Crippen LogP contribution in [0.15, 0.2) is 48.5 Å². The Morgan fingerprint density at radius 2 is 1.87 bits per heavy atom. The number of hydrogen-bond donors (Lipinski definition) is 0. The molecule has 4 nitrogen and oxygen atoms in total. The average molecular weight is 311 g/mol. The van der Waals surface area contributed by atoms with Crippen molar-refractivity contribution in [2.75, 3.05) is 13.8 Å². The molecule has 0 N–H and O–H groups in total. The van der Waals surface area contributed by atoms with Gasteiger partial charge in [0.25, 0.3) is 0 Å². The monoisotopic (exact) mass is 311 g/mol. The lowest BCUT2D eigenvalue weighted by molar-refractivity contribution is -0.132. The molecule has 1 amide bonds. The van der Waals surface area contributed by atoms with Gasteiger partial charge in [-0.3, -0.25) is 4.79 Å². The van der Waals surface area contributed by atoms with E-state index in [2.05, 4.69) is 0 Å². The molecule has 4 heteroatoms. The normalized spacial score (nSPS) is 13.7. The quantitative estimate of drug-likeness (QED) is 0.847. The lowest BCUT2D eigenvalue weighted by atomic mass is 9.94. The van der Waals surface area contributed by atoms with E-state index in [4.69, 9.17) is 9.47 Å². The Morgan fingerprint density at radius 1 is 1.13 bits per heavy atom. The van der Waals surface area contributed by atoms with Gasteiger partial charge in [-0.1, -0.05) is 43.3 Å². The van der Waals surface area contributed by atoms with Crippen LogP contribution in [0.2, 0.25) is 0 Å². The molecule has 2 aromatic carbocycles. The van der Waals surface area contributed by atoms with E-state index < -0.39 is 0 Å². The number of ether oxygens (including phenoxy) is 2. The average Bonchev–Trinajstić information content (AvgIpc) is 3.04. The summed E-state index contributed by atoms with van der Waals surface area (Å²) in [4.78, 5) is 14.6.